The third-order valence-electron chi connectivity index (χ3n) is 8.52. The summed E-state index contributed by atoms with van der Waals surface area (Å²) in [5.41, 5.74) is 7.11. The fourth-order valence-corrected chi connectivity index (χ4v) is 6.07. The van der Waals surface area contributed by atoms with Crippen LogP contribution >= 0.6 is 0 Å². The highest BCUT2D eigenvalue weighted by Crippen LogP contribution is 2.35. The average Bonchev–Trinajstić information content (AvgIpc) is 3.74. The van der Waals surface area contributed by atoms with E-state index in [0.29, 0.717) is 25.2 Å². The number of hydrogen-bond acceptors (Lipinski definition) is 6. The fourth-order valence-electron chi connectivity index (χ4n) is 6.07. The summed E-state index contributed by atoms with van der Waals surface area (Å²) in [6.07, 6.45) is 5.31. The molecule has 43 heavy (non-hydrogen) atoms. The number of carbonyl (C=O) groups excluding carboxylic acids is 3. The third kappa shape index (κ3) is 5.95. The zero-order valence-electron chi connectivity index (χ0n) is 25.2. The number of fused-ring (bicyclic) bond motifs is 3. The summed E-state index contributed by atoms with van der Waals surface area (Å²) in [4.78, 5) is 44.3. The van der Waals surface area contributed by atoms with E-state index in [2.05, 4.69) is 42.2 Å². The second-order valence-corrected chi connectivity index (χ2v) is 12.8. The van der Waals surface area contributed by atoms with E-state index in [-0.39, 0.29) is 40.4 Å². The first-order chi connectivity index (χ1) is 20.6. The van der Waals surface area contributed by atoms with Gasteiger partial charge in [0, 0.05) is 36.1 Å². The molecule has 0 radical (unpaired) electrons. The number of hydrogen-bond donors (Lipinski definition) is 2. The molecule has 0 saturated carbocycles. The lowest BCUT2D eigenvalue weighted by Crippen LogP contribution is -2.86. The number of nitrogens with two attached hydrogens (primary N) is 1. The molecule has 0 bridgehead atoms. The van der Waals surface area contributed by atoms with Crippen LogP contribution < -0.4 is 15.4 Å². The number of quaternary nitrogens is 1. The lowest BCUT2D eigenvalue weighted by molar-refractivity contribution is -0.572. The summed E-state index contributed by atoms with van der Waals surface area (Å²) in [5, 5.41) is 9.05. The van der Waals surface area contributed by atoms with Gasteiger partial charge in [0.1, 0.15) is 18.0 Å². The minimum Gasteiger partial charge on any atom is -0.493 e. The molecule has 9 nitrogen and oxygen atoms in total. The summed E-state index contributed by atoms with van der Waals surface area (Å²) in [5.74, 6) is 0.494. The molecule has 3 heterocycles. The highest BCUT2D eigenvalue weighted by molar-refractivity contribution is 5.98. The number of carbonyl (C=O) groups is 3. The molecule has 1 atom stereocenters. The number of benzene rings is 2. The van der Waals surface area contributed by atoms with Crippen LogP contribution in [-0.2, 0) is 19.4 Å². The maximum atomic E-state index is 13.6. The Hall–Kier alpha value is -4.37. The van der Waals surface area contributed by atoms with Gasteiger partial charge in [-0.1, -0.05) is 32.9 Å². The van der Waals surface area contributed by atoms with E-state index in [1.165, 1.54) is 10.6 Å². The molecular weight excluding hydrogens is 542 g/mol. The summed E-state index contributed by atoms with van der Waals surface area (Å²) in [6.45, 7) is 9.58. The van der Waals surface area contributed by atoms with Gasteiger partial charge in [-0.2, -0.15) is 5.10 Å². The van der Waals surface area contributed by atoms with Gasteiger partial charge >= 0.3 is 5.91 Å². The van der Waals surface area contributed by atoms with Crippen molar-refractivity contribution < 1.29 is 24.4 Å². The Bertz CT molecular complexity index is 1750. The number of rotatable bonds is 8. The molecule has 2 amide bonds. The Labute approximate surface area is 251 Å². The molecule has 1 unspecified atom stereocenters. The SMILES string of the molecule is Cc1c(C(=O)CCC(C)(C)C)ccc2c1CCC2NC(=O)c1cc(C(=O)[NH2+]Cc2ccc3c(c2)CCO3)nc2ccnn12. The van der Waals surface area contributed by atoms with Gasteiger partial charge in [-0.05, 0) is 72.1 Å². The van der Waals surface area contributed by atoms with E-state index in [4.69, 9.17) is 4.74 Å². The highest BCUT2D eigenvalue weighted by Gasteiger charge is 2.29. The fraction of sp³-hybridized carbons (Fsp3) is 0.382. The van der Waals surface area contributed by atoms with Gasteiger partial charge in [-0.15, -0.1) is 0 Å². The predicted octanol–water partition coefficient (Wildman–Crippen LogP) is 4.30. The predicted molar refractivity (Wildman–Crippen MR) is 161 cm³/mol. The summed E-state index contributed by atoms with van der Waals surface area (Å²) >= 11 is 0. The molecule has 1 aliphatic carbocycles. The van der Waals surface area contributed by atoms with E-state index in [1.807, 2.05) is 31.2 Å². The van der Waals surface area contributed by atoms with Crippen LogP contribution in [-0.4, -0.2) is 38.8 Å². The van der Waals surface area contributed by atoms with Gasteiger partial charge in [0.15, 0.2) is 17.1 Å². The first kappa shape index (κ1) is 28.7. The topological polar surface area (TPSA) is 119 Å². The molecule has 4 aromatic rings. The molecule has 3 N–H and O–H groups in total. The molecule has 222 valence electrons. The Morgan fingerprint density at radius 2 is 1.93 bits per heavy atom. The van der Waals surface area contributed by atoms with Crippen molar-refractivity contribution >= 4 is 23.2 Å². The van der Waals surface area contributed by atoms with Crippen LogP contribution in [0.5, 0.6) is 5.75 Å². The number of aromatic nitrogens is 3. The van der Waals surface area contributed by atoms with Crippen molar-refractivity contribution in [2.75, 3.05) is 6.61 Å². The van der Waals surface area contributed by atoms with Crippen LogP contribution in [0.15, 0.2) is 48.7 Å². The smallest absolute Gasteiger partial charge is 0.361 e. The van der Waals surface area contributed by atoms with Crippen molar-refractivity contribution in [1.29, 1.82) is 0 Å². The van der Waals surface area contributed by atoms with Crippen molar-refractivity contribution in [2.24, 2.45) is 5.41 Å². The average molecular weight is 581 g/mol. The number of primary amides is 1. The number of amides is 2. The van der Waals surface area contributed by atoms with Gasteiger partial charge in [-0.25, -0.2) is 14.3 Å². The number of Topliss-reactive ketones (excluding diaryl/α,β-unsaturated/α-hetero) is 1. The largest absolute Gasteiger partial charge is 0.493 e. The molecule has 0 fully saturated rings. The molecule has 0 saturated heterocycles. The van der Waals surface area contributed by atoms with Crippen LogP contribution in [0.2, 0.25) is 0 Å². The number of nitrogens with zero attached hydrogens (tertiary/aromatic N) is 3. The molecule has 0 spiro atoms. The number of nitrogens with one attached hydrogen (secondary N) is 1. The van der Waals surface area contributed by atoms with E-state index in [9.17, 15) is 14.4 Å². The van der Waals surface area contributed by atoms with E-state index >= 15 is 0 Å². The van der Waals surface area contributed by atoms with Gasteiger partial charge in [0.25, 0.3) is 5.91 Å². The number of ether oxygens (including phenoxy) is 1. The standard InChI is InChI=1S/C34H37N5O4/c1-20-23-8-9-26(25(23)7-6-24(20)29(40)11-14-34(2,3)4)38-33(42)28-18-27(37-31-12-15-36-39(28)31)32(41)35-19-21-5-10-30-22(17-21)13-16-43-30/h5-7,10,12,15,17-18,26H,8-9,11,13-14,16,19H2,1-4H3,(H,35,41)(H,38,42)/p+1. The Balaban J connectivity index is 1.18. The molecule has 2 aromatic carbocycles. The van der Waals surface area contributed by atoms with Crippen LogP contribution in [0.3, 0.4) is 0 Å². The minimum atomic E-state index is -0.329. The van der Waals surface area contributed by atoms with Crippen molar-refractivity contribution in [1.82, 2.24) is 19.9 Å². The van der Waals surface area contributed by atoms with Crippen LogP contribution in [0.1, 0.15) is 105 Å². The van der Waals surface area contributed by atoms with Crippen molar-refractivity contribution in [3.8, 4) is 5.75 Å². The Kier molecular flexibility index (Phi) is 7.60. The lowest BCUT2D eigenvalue weighted by Gasteiger charge is -2.19. The second-order valence-electron chi connectivity index (χ2n) is 12.8. The third-order valence-corrected chi connectivity index (χ3v) is 8.52. The van der Waals surface area contributed by atoms with E-state index in [1.54, 1.807) is 17.6 Å². The molecule has 2 aromatic heterocycles. The van der Waals surface area contributed by atoms with Crippen molar-refractivity contribution in [3.05, 3.63) is 93.4 Å². The van der Waals surface area contributed by atoms with E-state index < -0.39 is 0 Å². The van der Waals surface area contributed by atoms with Crippen molar-refractivity contribution in [2.45, 2.75) is 72.4 Å². The normalized spacial score (nSPS) is 15.7. The first-order valence-electron chi connectivity index (χ1n) is 15.0. The van der Waals surface area contributed by atoms with Crippen LogP contribution in [0, 0.1) is 12.3 Å². The summed E-state index contributed by atoms with van der Waals surface area (Å²) in [7, 11) is 0. The van der Waals surface area contributed by atoms with Gasteiger partial charge in [-0.3, -0.25) is 14.9 Å². The quantitative estimate of drug-likeness (QED) is 0.300. The molecular formula is C34H38N5O4+. The lowest BCUT2D eigenvalue weighted by atomic mass is 9.87. The molecule has 6 rings (SSSR count). The highest BCUT2D eigenvalue weighted by atomic mass is 16.5. The summed E-state index contributed by atoms with van der Waals surface area (Å²) < 4.78 is 7.04. The van der Waals surface area contributed by atoms with E-state index in [0.717, 1.165) is 64.8 Å². The molecule has 9 heteroatoms. The molecule has 1 aliphatic heterocycles. The molecule has 2 aliphatic rings. The second kappa shape index (κ2) is 11.4. The van der Waals surface area contributed by atoms with Gasteiger partial charge in [0.2, 0.25) is 0 Å². The van der Waals surface area contributed by atoms with Gasteiger partial charge < -0.3 is 10.1 Å². The Morgan fingerprint density at radius 1 is 1.09 bits per heavy atom. The monoisotopic (exact) mass is 580 g/mol. The summed E-state index contributed by atoms with van der Waals surface area (Å²) in [6, 6.07) is 12.9. The minimum absolute atomic E-state index is 0.100. The number of ketones is 1. The van der Waals surface area contributed by atoms with Crippen LogP contribution in [0.4, 0.5) is 0 Å². The van der Waals surface area contributed by atoms with Crippen LogP contribution in [0.25, 0.3) is 5.65 Å². The Morgan fingerprint density at radius 3 is 2.74 bits per heavy atom. The first-order valence-corrected chi connectivity index (χ1v) is 15.0. The maximum Gasteiger partial charge on any atom is 0.361 e. The zero-order valence-corrected chi connectivity index (χ0v) is 25.2. The van der Waals surface area contributed by atoms with Gasteiger partial charge in [0.05, 0.1) is 18.8 Å². The van der Waals surface area contributed by atoms with Crippen molar-refractivity contribution in [3.63, 3.8) is 0 Å². The zero-order chi connectivity index (χ0) is 30.3. The maximum absolute atomic E-state index is 13.6.